The number of nitrogens with one attached hydrogen (secondary N) is 1. The van der Waals surface area contributed by atoms with E-state index in [1.165, 1.54) is 205 Å². The topological polar surface area (TPSA) is 149 Å². The maximum absolute atomic E-state index is 13.1. The first-order valence-electron chi connectivity index (χ1n) is 29.4. The zero-order chi connectivity index (χ0) is 50.1. The number of allylic oxidation sites excluding steroid dienone is 7. The number of aliphatic hydroxyl groups excluding tert-OH is 5. The van der Waals surface area contributed by atoms with Crippen molar-refractivity contribution >= 4 is 5.91 Å². The van der Waals surface area contributed by atoms with Crippen LogP contribution in [0.1, 0.15) is 271 Å². The second-order valence-corrected chi connectivity index (χ2v) is 20.4. The quantitative estimate of drug-likeness (QED) is 0.0261. The fourth-order valence-electron chi connectivity index (χ4n) is 9.18. The van der Waals surface area contributed by atoms with Crippen LogP contribution < -0.4 is 5.32 Å². The zero-order valence-electron chi connectivity index (χ0n) is 44.8. The van der Waals surface area contributed by atoms with E-state index in [0.717, 1.165) is 44.9 Å². The highest BCUT2D eigenvalue weighted by atomic mass is 16.7. The largest absolute Gasteiger partial charge is 0.394 e. The van der Waals surface area contributed by atoms with E-state index in [1.807, 2.05) is 6.08 Å². The van der Waals surface area contributed by atoms with Crippen molar-refractivity contribution in [3.63, 3.8) is 0 Å². The lowest BCUT2D eigenvalue weighted by molar-refractivity contribution is -0.302. The third-order valence-corrected chi connectivity index (χ3v) is 13.9. The van der Waals surface area contributed by atoms with Gasteiger partial charge in [0.1, 0.15) is 24.4 Å². The summed E-state index contributed by atoms with van der Waals surface area (Å²) in [4.78, 5) is 13.1. The molecular formula is C60H111NO8. The Kier molecular flexibility index (Phi) is 47.0. The van der Waals surface area contributed by atoms with E-state index in [0.29, 0.717) is 6.42 Å². The van der Waals surface area contributed by atoms with Gasteiger partial charge in [-0.3, -0.25) is 4.79 Å². The summed E-state index contributed by atoms with van der Waals surface area (Å²) in [5, 5.41) is 54.5. The van der Waals surface area contributed by atoms with Crippen LogP contribution in [-0.2, 0) is 14.3 Å². The molecule has 0 bridgehead atoms. The number of carbonyl (C=O) groups is 1. The van der Waals surface area contributed by atoms with E-state index < -0.39 is 49.5 Å². The SMILES string of the molecule is CCCCCCCCCCCCC/C=C/CC/C=C/CC/C=C/C(O)C(COC1OC(CO)C(O)C(O)C1O)NC(=O)CCCCCCCCCCC/C=C\CCCCCCCCCCCCCC. The molecule has 0 spiro atoms. The van der Waals surface area contributed by atoms with Crippen molar-refractivity contribution in [2.24, 2.45) is 0 Å². The fraction of sp³-hybridized carbons (Fsp3) is 0.850. The Morgan fingerprint density at radius 1 is 0.478 bits per heavy atom. The lowest BCUT2D eigenvalue weighted by atomic mass is 9.99. The number of amides is 1. The van der Waals surface area contributed by atoms with Crippen LogP contribution in [0.5, 0.6) is 0 Å². The smallest absolute Gasteiger partial charge is 0.220 e. The molecule has 0 radical (unpaired) electrons. The number of aliphatic hydroxyl groups is 5. The first-order chi connectivity index (χ1) is 33.8. The lowest BCUT2D eigenvalue weighted by Gasteiger charge is -2.40. The number of hydrogen-bond acceptors (Lipinski definition) is 8. The molecule has 0 aromatic heterocycles. The first-order valence-corrected chi connectivity index (χ1v) is 29.4. The average molecular weight is 975 g/mol. The minimum absolute atomic E-state index is 0.191. The van der Waals surface area contributed by atoms with Gasteiger partial charge in [0.05, 0.1) is 25.4 Å². The summed E-state index contributed by atoms with van der Waals surface area (Å²) >= 11 is 0. The van der Waals surface area contributed by atoms with Crippen molar-refractivity contribution < 1.29 is 39.8 Å². The van der Waals surface area contributed by atoms with Crippen molar-refractivity contribution in [2.45, 2.75) is 314 Å². The highest BCUT2D eigenvalue weighted by molar-refractivity contribution is 5.76. The molecule has 9 heteroatoms. The average Bonchev–Trinajstić information content (AvgIpc) is 3.35. The lowest BCUT2D eigenvalue weighted by Crippen LogP contribution is -2.60. The van der Waals surface area contributed by atoms with Crippen molar-refractivity contribution in [3.05, 3.63) is 48.6 Å². The molecule has 1 amide bonds. The van der Waals surface area contributed by atoms with Crippen LogP contribution in [0.2, 0.25) is 0 Å². The highest BCUT2D eigenvalue weighted by Crippen LogP contribution is 2.23. The van der Waals surface area contributed by atoms with Gasteiger partial charge in [0, 0.05) is 6.42 Å². The molecule has 9 nitrogen and oxygen atoms in total. The maximum Gasteiger partial charge on any atom is 0.220 e. The number of carbonyl (C=O) groups excluding carboxylic acids is 1. The Bertz CT molecular complexity index is 1220. The van der Waals surface area contributed by atoms with Gasteiger partial charge in [0.2, 0.25) is 5.91 Å². The van der Waals surface area contributed by atoms with Crippen molar-refractivity contribution in [2.75, 3.05) is 13.2 Å². The summed E-state index contributed by atoms with van der Waals surface area (Å²) in [5.74, 6) is -0.191. The monoisotopic (exact) mass is 974 g/mol. The number of ether oxygens (including phenoxy) is 2. The van der Waals surface area contributed by atoms with E-state index in [4.69, 9.17) is 9.47 Å². The van der Waals surface area contributed by atoms with Crippen molar-refractivity contribution in [3.8, 4) is 0 Å². The Labute approximate surface area is 424 Å². The van der Waals surface area contributed by atoms with Gasteiger partial charge in [-0.2, -0.15) is 0 Å². The number of hydrogen-bond donors (Lipinski definition) is 6. The van der Waals surface area contributed by atoms with Gasteiger partial charge in [-0.05, 0) is 70.6 Å². The van der Waals surface area contributed by atoms with Crippen molar-refractivity contribution in [1.29, 1.82) is 0 Å². The first kappa shape index (κ1) is 65.2. The fourth-order valence-corrected chi connectivity index (χ4v) is 9.18. The van der Waals surface area contributed by atoms with Crippen LogP contribution in [-0.4, -0.2) is 87.5 Å². The Morgan fingerprint density at radius 2 is 0.826 bits per heavy atom. The van der Waals surface area contributed by atoms with Gasteiger partial charge in [0.15, 0.2) is 6.29 Å². The second-order valence-electron chi connectivity index (χ2n) is 20.4. The molecule has 6 N–H and O–H groups in total. The van der Waals surface area contributed by atoms with E-state index in [1.54, 1.807) is 6.08 Å². The van der Waals surface area contributed by atoms with Gasteiger partial charge < -0.3 is 40.3 Å². The second kappa shape index (κ2) is 49.7. The van der Waals surface area contributed by atoms with E-state index in [9.17, 15) is 30.3 Å². The molecule has 0 saturated carbocycles. The summed E-state index contributed by atoms with van der Waals surface area (Å²) in [6, 6.07) is -0.830. The summed E-state index contributed by atoms with van der Waals surface area (Å²) < 4.78 is 11.3. The minimum atomic E-state index is -1.58. The van der Waals surface area contributed by atoms with Crippen molar-refractivity contribution in [1.82, 2.24) is 5.32 Å². The highest BCUT2D eigenvalue weighted by Gasteiger charge is 2.44. The van der Waals surface area contributed by atoms with Gasteiger partial charge in [-0.25, -0.2) is 0 Å². The molecule has 1 aliphatic heterocycles. The molecule has 69 heavy (non-hydrogen) atoms. The third-order valence-electron chi connectivity index (χ3n) is 13.9. The molecule has 1 saturated heterocycles. The number of unbranched alkanes of at least 4 members (excludes halogenated alkanes) is 34. The normalized spacial score (nSPS) is 19.8. The predicted octanol–water partition coefficient (Wildman–Crippen LogP) is 14.5. The molecule has 1 fully saturated rings. The Balaban J connectivity index is 2.25. The van der Waals surface area contributed by atoms with Crippen LogP contribution in [0, 0.1) is 0 Å². The van der Waals surface area contributed by atoms with Gasteiger partial charge in [0.25, 0.3) is 0 Å². The van der Waals surface area contributed by atoms with Crippen LogP contribution in [0.3, 0.4) is 0 Å². The standard InChI is InChI=1S/C60H111NO8/c1-3-5-7-9-11-13-15-17-19-21-23-25-26-27-28-30-32-34-36-38-40-42-44-46-48-50-56(64)61-53(52-68-60-59(67)58(66)57(65)55(51-62)69-60)54(63)49-47-45-43-41-39-37-35-33-31-29-24-22-20-18-16-14-12-10-8-6-4-2/h27-28,31,33,39,41,47,49,53-55,57-60,62-63,65-67H,3-26,29-30,32,34-38,40,42-46,48,50-52H2,1-2H3,(H,61,64)/b28-27-,33-31+,41-39+,49-47+. The molecular weight excluding hydrogens is 863 g/mol. The molecule has 1 aliphatic rings. The maximum atomic E-state index is 13.1. The van der Waals surface area contributed by atoms with Gasteiger partial charge in [-0.15, -0.1) is 0 Å². The molecule has 1 rings (SSSR count). The third kappa shape index (κ3) is 39.4. The van der Waals surface area contributed by atoms with Crippen LogP contribution in [0.4, 0.5) is 0 Å². The molecule has 7 unspecified atom stereocenters. The molecule has 0 aromatic carbocycles. The summed E-state index contributed by atoms with van der Waals surface area (Å²) in [5.41, 5.74) is 0. The van der Waals surface area contributed by atoms with Crippen LogP contribution in [0.25, 0.3) is 0 Å². The van der Waals surface area contributed by atoms with Gasteiger partial charge in [-0.1, -0.05) is 242 Å². The van der Waals surface area contributed by atoms with Crippen LogP contribution in [0.15, 0.2) is 48.6 Å². The summed E-state index contributed by atoms with van der Waals surface area (Å²) in [6.45, 7) is 3.78. The Morgan fingerprint density at radius 3 is 1.22 bits per heavy atom. The molecule has 0 aliphatic carbocycles. The zero-order valence-corrected chi connectivity index (χ0v) is 44.8. The van der Waals surface area contributed by atoms with Gasteiger partial charge >= 0.3 is 0 Å². The number of rotatable bonds is 50. The summed E-state index contributed by atoms with van der Waals surface area (Å²) in [7, 11) is 0. The van der Waals surface area contributed by atoms with E-state index in [-0.39, 0.29) is 12.5 Å². The van der Waals surface area contributed by atoms with Crippen LogP contribution >= 0.6 is 0 Å². The molecule has 7 atom stereocenters. The molecule has 0 aromatic rings. The van der Waals surface area contributed by atoms with E-state index in [2.05, 4.69) is 55.6 Å². The predicted molar refractivity (Wildman–Crippen MR) is 290 cm³/mol. The Hall–Kier alpha value is -1.85. The molecule has 404 valence electrons. The minimum Gasteiger partial charge on any atom is -0.394 e. The van der Waals surface area contributed by atoms with E-state index >= 15 is 0 Å². The summed E-state index contributed by atoms with van der Waals surface area (Å²) in [6.07, 6.45) is 58.9. The molecule has 1 heterocycles.